The van der Waals surface area contributed by atoms with E-state index >= 15 is 0 Å². The van der Waals surface area contributed by atoms with Crippen molar-refractivity contribution in [3.8, 4) is 11.3 Å². The Bertz CT molecular complexity index is 976. The van der Waals surface area contributed by atoms with E-state index in [4.69, 9.17) is 8.94 Å². The molecule has 7 heteroatoms. The van der Waals surface area contributed by atoms with Crippen LogP contribution in [0.1, 0.15) is 34.7 Å². The molecule has 2 aromatic heterocycles. The molecule has 7 nitrogen and oxygen atoms in total. The number of carbonyl (C=O) groups is 2. The van der Waals surface area contributed by atoms with Gasteiger partial charge in [-0.15, -0.1) is 0 Å². The van der Waals surface area contributed by atoms with Gasteiger partial charge in [-0.3, -0.25) is 9.59 Å². The number of carbonyl (C=O) groups excluding carboxylic acids is 2. The van der Waals surface area contributed by atoms with Crippen LogP contribution >= 0.6 is 0 Å². The lowest BCUT2D eigenvalue weighted by atomic mass is 9.97. The lowest BCUT2D eigenvalue weighted by molar-refractivity contribution is -0.126. The average Bonchev–Trinajstić information content (AvgIpc) is 3.44. The Labute approximate surface area is 168 Å². The van der Waals surface area contributed by atoms with Crippen molar-refractivity contribution in [3.63, 3.8) is 0 Å². The Morgan fingerprint density at radius 1 is 1.24 bits per heavy atom. The largest absolute Gasteiger partial charge is 0.459 e. The van der Waals surface area contributed by atoms with Gasteiger partial charge in [0.2, 0.25) is 5.91 Å². The highest BCUT2D eigenvalue weighted by Crippen LogP contribution is 2.21. The number of likely N-dealkylation sites (tertiary alicyclic amines) is 1. The molecule has 1 atom stereocenters. The average molecular weight is 393 g/mol. The number of benzene rings is 1. The Morgan fingerprint density at radius 2 is 2.07 bits per heavy atom. The van der Waals surface area contributed by atoms with Crippen molar-refractivity contribution in [2.45, 2.75) is 26.3 Å². The normalized spacial score (nSPS) is 16.6. The summed E-state index contributed by atoms with van der Waals surface area (Å²) in [6.45, 7) is 3.31. The molecule has 3 heterocycles. The fraction of sp³-hybridized carbons (Fsp3) is 0.318. The fourth-order valence-corrected chi connectivity index (χ4v) is 3.51. The number of aromatic nitrogens is 1. The zero-order valence-corrected chi connectivity index (χ0v) is 16.3. The van der Waals surface area contributed by atoms with Crippen LogP contribution in [0.2, 0.25) is 0 Å². The number of amides is 2. The molecule has 1 aliphatic heterocycles. The highest BCUT2D eigenvalue weighted by molar-refractivity contribution is 5.92. The van der Waals surface area contributed by atoms with Crippen LogP contribution in [0, 0.1) is 12.8 Å². The number of aryl methyl sites for hydroxylation is 1. The summed E-state index contributed by atoms with van der Waals surface area (Å²) in [5, 5.41) is 6.98. The molecule has 3 aromatic rings. The topological polar surface area (TPSA) is 88.6 Å². The summed E-state index contributed by atoms with van der Waals surface area (Å²) in [5.74, 6) is 0.382. The molecule has 1 unspecified atom stereocenters. The van der Waals surface area contributed by atoms with Gasteiger partial charge in [0, 0.05) is 24.7 Å². The van der Waals surface area contributed by atoms with E-state index in [0.717, 1.165) is 24.1 Å². The summed E-state index contributed by atoms with van der Waals surface area (Å²) in [6, 6.07) is 13.2. The first-order chi connectivity index (χ1) is 14.1. The van der Waals surface area contributed by atoms with Crippen molar-refractivity contribution < 1.29 is 18.5 Å². The van der Waals surface area contributed by atoms with E-state index in [1.54, 1.807) is 17.0 Å². The van der Waals surface area contributed by atoms with E-state index in [2.05, 4.69) is 10.5 Å². The third-order valence-electron chi connectivity index (χ3n) is 5.15. The Kier molecular flexibility index (Phi) is 5.46. The minimum absolute atomic E-state index is 0.0877. The van der Waals surface area contributed by atoms with Gasteiger partial charge in [-0.1, -0.05) is 35.0 Å². The van der Waals surface area contributed by atoms with Crippen LogP contribution in [0.15, 0.2) is 57.7 Å². The number of furan rings is 1. The van der Waals surface area contributed by atoms with Crippen LogP contribution in [-0.2, 0) is 11.3 Å². The second kappa shape index (κ2) is 8.34. The second-order valence-electron chi connectivity index (χ2n) is 7.33. The number of hydrogen-bond donors (Lipinski definition) is 1. The molecule has 150 valence electrons. The number of rotatable bonds is 5. The van der Waals surface area contributed by atoms with Crippen LogP contribution in [-0.4, -0.2) is 35.0 Å². The summed E-state index contributed by atoms with van der Waals surface area (Å²) in [5.41, 5.74) is 2.88. The zero-order valence-electron chi connectivity index (χ0n) is 16.3. The van der Waals surface area contributed by atoms with Gasteiger partial charge >= 0.3 is 0 Å². The number of piperidine rings is 1. The first-order valence-electron chi connectivity index (χ1n) is 9.73. The Morgan fingerprint density at radius 3 is 2.83 bits per heavy atom. The lowest BCUT2D eigenvalue weighted by Gasteiger charge is -2.31. The van der Waals surface area contributed by atoms with Crippen LogP contribution in [0.25, 0.3) is 11.3 Å². The smallest absolute Gasteiger partial charge is 0.289 e. The van der Waals surface area contributed by atoms with Crippen molar-refractivity contribution in [1.82, 2.24) is 15.4 Å². The van der Waals surface area contributed by atoms with Crippen molar-refractivity contribution in [1.29, 1.82) is 0 Å². The van der Waals surface area contributed by atoms with E-state index in [-0.39, 0.29) is 24.3 Å². The monoisotopic (exact) mass is 393 g/mol. The van der Waals surface area contributed by atoms with Crippen LogP contribution in [0.5, 0.6) is 0 Å². The predicted molar refractivity (Wildman–Crippen MR) is 106 cm³/mol. The maximum Gasteiger partial charge on any atom is 0.289 e. The van der Waals surface area contributed by atoms with Gasteiger partial charge in [0.05, 0.1) is 18.7 Å². The molecule has 0 spiro atoms. The zero-order chi connectivity index (χ0) is 20.2. The second-order valence-corrected chi connectivity index (χ2v) is 7.33. The van der Waals surface area contributed by atoms with Gasteiger partial charge in [0.25, 0.3) is 5.91 Å². The molecular formula is C22H23N3O4. The molecular weight excluding hydrogens is 370 g/mol. The molecule has 0 bridgehead atoms. The molecule has 2 amide bonds. The molecule has 1 saturated heterocycles. The molecule has 29 heavy (non-hydrogen) atoms. The third-order valence-corrected chi connectivity index (χ3v) is 5.15. The van der Waals surface area contributed by atoms with Crippen molar-refractivity contribution in [2.75, 3.05) is 13.1 Å². The van der Waals surface area contributed by atoms with Gasteiger partial charge in [0.15, 0.2) is 11.5 Å². The van der Waals surface area contributed by atoms with Gasteiger partial charge < -0.3 is 19.2 Å². The van der Waals surface area contributed by atoms with Gasteiger partial charge in [-0.05, 0) is 31.9 Å². The number of nitrogens with zero attached hydrogens (tertiary/aromatic N) is 2. The minimum atomic E-state index is -0.248. The first-order valence-corrected chi connectivity index (χ1v) is 9.73. The molecule has 1 aliphatic rings. The van der Waals surface area contributed by atoms with Gasteiger partial charge in [0.1, 0.15) is 5.69 Å². The van der Waals surface area contributed by atoms with Crippen molar-refractivity contribution >= 4 is 11.8 Å². The third kappa shape index (κ3) is 4.39. The van der Waals surface area contributed by atoms with E-state index < -0.39 is 0 Å². The lowest BCUT2D eigenvalue weighted by Crippen LogP contribution is -2.45. The van der Waals surface area contributed by atoms with Crippen molar-refractivity contribution in [2.24, 2.45) is 5.92 Å². The van der Waals surface area contributed by atoms with E-state index in [0.29, 0.717) is 24.6 Å². The molecule has 4 rings (SSSR count). The molecule has 1 fully saturated rings. The molecule has 1 N–H and O–H groups in total. The Balaban J connectivity index is 1.32. The fourth-order valence-electron chi connectivity index (χ4n) is 3.51. The summed E-state index contributed by atoms with van der Waals surface area (Å²) in [6.07, 6.45) is 3.01. The molecule has 0 radical (unpaired) electrons. The molecule has 1 aromatic carbocycles. The molecule has 0 saturated carbocycles. The van der Waals surface area contributed by atoms with E-state index in [1.165, 1.54) is 11.8 Å². The van der Waals surface area contributed by atoms with Crippen LogP contribution in [0.4, 0.5) is 0 Å². The number of hydrogen-bond acceptors (Lipinski definition) is 5. The number of nitrogens with one attached hydrogen (secondary N) is 1. The highest BCUT2D eigenvalue weighted by atomic mass is 16.5. The van der Waals surface area contributed by atoms with E-state index in [1.807, 2.05) is 37.3 Å². The Hall–Kier alpha value is -3.35. The van der Waals surface area contributed by atoms with Crippen LogP contribution in [0.3, 0.4) is 0 Å². The molecule has 0 aliphatic carbocycles. The van der Waals surface area contributed by atoms with E-state index in [9.17, 15) is 9.59 Å². The maximum absolute atomic E-state index is 12.6. The minimum Gasteiger partial charge on any atom is -0.459 e. The van der Waals surface area contributed by atoms with Crippen LogP contribution < -0.4 is 5.32 Å². The summed E-state index contributed by atoms with van der Waals surface area (Å²) in [7, 11) is 0. The summed E-state index contributed by atoms with van der Waals surface area (Å²) >= 11 is 0. The predicted octanol–water partition coefficient (Wildman–Crippen LogP) is 3.41. The summed E-state index contributed by atoms with van der Waals surface area (Å²) in [4.78, 5) is 26.7. The first kappa shape index (κ1) is 19.0. The summed E-state index contributed by atoms with van der Waals surface area (Å²) < 4.78 is 10.5. The van der Waals surface area contributed by atoms with Gasteiger partial charge in [-0.25, -0.2) is 0 Å². The quantitative estimate of drug-likeness (QED) is 0.718. The van der Waals surface area contributed by atoms with Gasteiger partial charge in [-0.2, -0.15) is 0 Å². The maximum atomic E-state index is 12.6. The SMILES string of the molecule is Cc1ccc(-c2cc(CNC(=O)C3CCCN(C(=O)c4ccco4)C3)on2)cc1. The highest BCUT2D eigenvalue weighted by Gasteiger charge is 2.29. The van der Waals surface area contributed by atoms with Crippen molar-refractivity contribution in [3.05, 3.63) is 65.8 Å². The standard InChI is InChI=1S/C22H23N3O4/c1-15-6-8-16(9-7-15)19-12-18(29-24-19)13-23-21(26)17-4-2-10-25(14-17)22(27)20-5-3-11-28-20/h3,5-9,11-12,17H,2,4,10,13-14H2,1H3,(H,23,26).